The second-order valence-electron chi connectivity index (χ2n) is 7.73. The van der Waals surface area contributed by atoms with Crippen LogP contribution in [0.2, 0.25) is 0 Å². The summed E-state index contributed by atoms with van der Waals surface area (Å²) in [5.74, 6) is 0.764. The Balaban J connectivity index is 0.000000913. The number of amides is 1. The van der Waals surface area contributed by atoms with Gasteiger partial charge >= 0.3 is 0 Å². The highest BCUT2D eigenvalue weighted by Crippen LogP contribution is 2.24. The first-order valence-electron chi connectivity index (χ1n) is 11.2. The first-order valence-corrected chi connectivity index (χ1v) is 11.2. The van der Waals surface area contributed by atoms with Gasteiger partial charge in [0.2, 0.25) is 0 Å². The number of nitrogens with one attached hydrogen (secondary N) is 2. The zero-order chi connectivity index (χ0) is 22.8. The van der Waals surface area contributed by atoms with E-state index in [4.69, 9.17) is 4.74 Å². The minimum Gasteiger partial charge on any atom is -0.494 e. The van der Waals surface area contributed by atoms with Crippen molar-refractivity contribution in [3.8, 4) is 16.9 Å². The number of benzene rings is 3. The van der Waals surface area contributed by atoms with E-state index in [-0.39, 0.29) is 5.91 Å². The first-order chi connectivity index (χ1) is 15.6. The van der Waals surface area contributed by atoms with Crippen LogP contribution in [0, 0.1) is 0 Å². The number of ether oxygens (including phenoxy) is 1. The van der Waals surface area contributed by atoms with E-state index in [0.717, 1.165) is 35.7 Å². The van der Waals surface area contributed by atoms with E-state index in [1.807, 2.05) is 81.7 Å². The first kappa shape index (κ1) is 23.4. The summed E-state index contributed by atoms with van der Waals surface area (Å²) in [4.78, 5) is 15.0. The molecule has 4 rings (SSSR count). The lowest BCUT2D eigenvalue weighted by Gasteiger charge is -2.17. The van der Waals surface area contributed by atoms with Crippen LogP contribution in [0.15, 0.2) is 72.8 Å². The second kappa shape index (κ2) is 11.9. The molecular formula is C27H33N3O2. The zero-order valence-electron chi connectivity index (χ0n) is 19.2. The molecule has 3 aromatic carbocycles. The molecule has 5 heteroatoms. The molecule has 168 valence electrons. The molecule has 0 aromatic heterocycles. The third kappa shape index (κ3) is 6.34. The summed E-state index contributed by atoms with van der Waals surface area (Å²) in [6, 6.07) is 23.8. The Morgan fingerprint density at radius 2 is 1.38 bits per heavy atom. The van der Waals surface area contributed by atoms with Gasteiger partial charge in [0.05, 0.1) is 6.61 Å². The van der Waals surface area contributed by atoms with Crippen molar-refractivity contribution in [2.75, 3.05) is 44.0 Å². The van der Waals surface area contributed by atoms with Crippen LogP contribution in [-0.4, -0.2) is 39.7 Å². The average Bonchev–Trinajstić information content (AvgIpc) is 3.36. The molecule has 0 atom stereocenters. The standard InChI is InChI=1S/C25H26N2O2.C2H7N/c1-2-29-24-15-9-20(10-16-24)19-5-7-21(8-6-19)25(28)26-22-11-13-23(14-12-22)27-17-3-4-18-27;1-3-2/h5-16H,2-4,17-18H2,1H3,(H,26,28);3H,1-2H3. The van der Waals surface area contributed by atoms with Crippen LogP contribution < -0.4 is 20.3 Å². The monoisotopic (exact) mass is 431 g/mol. The lowest BCUT2D eigenvalue weighted by molar-refractivity contribution is 0.102. The van der Waals surface area contributed by atoms with Gasteiger partial charge in [0.15, 0.2) is 0 Å². The van der Waals surface area contributed by atoms with Crippen LogP contribution in [-0.2, 0) is 0 Å². The van der Waals surface area contributed by atoms with E-state index in [2.05, 4.69) is 27.7 Å². The fraction of sp³-hybridized carbons (Fsp3) is 0.296. The van der Waals surface area contributed by atoms with E-state index in [1.165, 1.54) is 18.5 Å². The largest absolute Gasteiger partial charge is 0.494 e. The van der Waals surface area contributed by atoms with Gasteiger partial charge in [-0.05, 0) is 93.5 Å². The van der Waals surface area contributed by atoms with Crippen molar-refractivity contribution < 1.29 is 9.53 Å². The Bertz CT molecular complexity index is 961. The maximum atomic E-state index is 12.6. The van der Waals surface area contributed by atoms with Crippen LogP contribution in [0.5, 0.6) is 5.75 Å². The summed E-state index contributed by atoms with van der Waals surface area (Å²) in [5, 5.41) is 5.73. The van der Waals surface area contributed by atoms with Crippen molar-refractivity contribution in [3.05, 3.63) is 78.4 Å². The minimum atomic E-state index is -0.0998. The SMILES string of the molecule is CCOc1ccc(-c2ccc(C(=O)Nc3ccc(N4CCCC4)cc3)cc2)cc1.CNC. The fourth-order valence-electron chi connectivity index (χ4n) is 3.66. The Morgan fingerprint density at radius 1 is 0.844 bits per heavy atom. The number of hydrogen-bond donors (Lipinski definition) is 2. The Kier molecular flexibility index (Phi) is 8.70. The molecule has 32 heavy (non-hydrogen) atoms. The van der Waals surface area contributed by atoms with Crippen molar-refractivity contribution in [1.29, 1.82) is 0 Å². The van der Waals surface area contributed by atoms with Gasteiger partial charge in [-0.15, -0.1) is 0 Å². The smallest absolute Gasteiger partial charge is 0.255 e. The van der Waals surface area contributed by atoms with Gasteiger partial charge in [0.25, 0.3) is 5.91 Å². The van der Waals surface area contributed by atoms with Crippen molar-refractivity contribution >= 4 is 17.3 Å². The maximum Gasteiger partial charge on any atom is 0.255 e. The van der Waals surface area contributed by atoms with Crippen LogP contribution in [0.4, 0.5) is 11.4 Å². The van der Waals surface area contributed by atoms with Crippen LogP contribution in [0.1, 0.15) is 30.1 Å². The Morgan fingerprint density at radius 3 is 1.91 bits per heavy atom. The van der Waals surface area contributed by atoms with Gasteiger partial charge in [-0.2, -0.15) is 0 Å². The predicted octanol–water partition coefficient (Wildman–Crippen LogP) is 5.44. The van der Waals surface area contributed by atoms with E-state index < -0.39 is 0 Å². The van der Waals surface area contributed by atoms with Gasteiger partial charge in [-0.25, -0.2) is 0 Å². The summed E-state index contributed by atoms with van der Waals surface area (Å²) in [6.45, 7) is 4.86. The molecule has 1 fully saturated rings. The van der Waals surface area contributed by atoms with Crippen molar-refractivity contribution in [1.82, 2.24) is 5.32 Å². The Labute approximate surface area is 191 Å². The summed E-state index contributed by atoms with van der Waals surface area (Å²) >= 11 is 0. The third-order valence-corrected chi connectivity index (χ3v) is 5.24. The summed E-state index contributed by atoms with van der Waals surface area (Å²) in [5.41, 5.74) is 4.84. The van der Waals surface area contributed by atoms with E-state index in [9.17, 15) is 4.79 Å². The summed E-state index contributed by atoms with van der Waals surface area (Å²) in [6.07, 6.45) is 2.51. The summed E-state index contributed by atoms with van der Waals surface area (Å²) in [7, 11) is 3.75. The molecule has 0 spiro atoms. The third-order valence-electron chi connectivity index (χ3n) is 5.24. The summed E-state index contributed by atoms with van der Waals surface area (Å²) < 4.78 is 5.48. The highest BCUT2D eigenvalue weighted by molar-refractivity contribution is 6.04. The molecule has 1 saturated heterocycles. The van der Waals surface area contributed by atoms with Gasteiger partial charge in [0, 0.05) is 30.0 Å². The molecule has 1 amide bonds. The number of rotatable bonds is 6. The van der Waals surface area contributed by atoms with Crippen molar-refractivity contribution in [3.63, 3.8) is 0 Å². The van der Waals surface area contributed by atoms with E-state index in [1.54, 1.807) is 0 Å². The molecule has 1 aliphatic rings. The molecule has 3 aromatic rings. The molecule has 2 N–H and O–H groups in total. The van der Waals surface area contributed by atoms with Crippen LogP contribution in [0.25, 0.3) is 11.1 Å². The molecular weight excluding hydrogens is 398 g/mol. The molecule has 0 unspecified atom stereocenters. The number of anilines is 2. The van der Waals surface area contributed by atoms with E-state index >= 15 is 0 Å². The zero-order valence-corrected chi connectivity index (χ0v) is 19.2. The molecule has 5 nitrogen and oxygen atoms in total. The average molecular weight is 432 g/mol. The molecule has 0 saturated carbocycles. The molecule has 0 radical (unpaired) electrons. The number of hydrogen-bond acceptors (Lipinski definition) is 4. The molecule has 1 aliphatic heterocycles. The van der Waals surface area contributed by atoms with Crippen molar-refractivity contribution in [2.24, 2.45) is 0 Å². The van der Waals surface area contributed by atoms with E-state index in [0.29, 0.717) is 12.2 Å². The highest BCUT2D eigenvalue weighted by Gasteiger charge is 2.12. The number of carbonyl (C=O) groups is 1. The number of nitrogens with zero attached hydrogens (tertiary/aromatic N) is 1. The van der Waals surface area contributed by atoms with Crippen LogP contribution in [0.3, 0.4) is 0 Å². The lowest BCUT2D eigenvalue weighted by Crippen LogP contribution is -2.17. The predicted molar refractivity (Wildman–Crippen MR) is 134 cm³/mol. The molecule has 0 aliphatic carbocycles. The highest BCUT2D eigenvalue weighted by atomic mass is 16.5. The van der Waals surface area contributed by atoms with Gasteiger partial charge in [-0.1, -0.05) is 24.3 Å². The molecule has 1 heterocycles. The topological polar surface area (TPSA) is 53.6 Å². The van der Waals surface area contributed by atoms with Gasteiger partial charge in [-0.3, -0.25) is 4.79 Å². The Hall–Kier alpha value is -3.31. The quantitative estimate of drug-likeness (QED) is 0.546. The molecule has 0 bridgehead atoms. The second-order valence-corrected chi connectivity index (χ2v) is 7.73. The van der Waals surface area contributed by atoms with Crippen molar-refractivity contribution in [2.45, 2.75) is 19.8 Å². The minimum absolute atomic E-state index is 0.0998. The lowest BCUT2D eigenvalue weighted by atomic mass is 10.0. The fourth-order valence-corrected chi connectivity index (χ4v) is 3.66. The van der Waals surface area contributed by atoms with Gasteiger partial charge < -0.3 is 20.3 Å². The van der Waals surface area contributed by atoms with Gasteiger partial charge in [0.1, 0.15) is 5.75 Å². The number of carbonyl (C=O) groups excluding carboxylic acids is 1. The normalized spacial score (nSPS) is 12.7. The maximum absolute atomic E-state index is 12.6. The van der Waals surface area contributed by atoms with Crippen LogP contribution >= 0.6 is 0 Å².